The lowest BCUT2D eigenvalue weighted by atomic mass is 9.97. The second-order valence-corrected chi connectivity index (χ2v) is 5.53. The summed E-state index contributed by atoms with van der Waals surface area (Å²) in [6, 6.07) is 0. The lowest BCUT2D eigenvalue weighted by molar-refractivity contribution is -0.138. The van der Waals surface area contributed by atoms with Crippen molar-refractivity contribution >= 4 is 5.91 Å². The Bertz CT molecular complexity index is 256. The SMILES string of the molecule is CCC1OCCC1C(=O)N(CCCN)CC(C)C. The standard InChI is InChI=1S/C14H28N2O2/c1-4-13-12(6-9-18-13)14(17)16(8-5-7-15)10-11(2)3/h11-13H,4-10,15H2,1-3H3. The molecule has 1 saturated heterocycles. The molecule has 1 heterocycles. The zero-order valence-electron chi connectivity index (χ0n) is 12.0. The van der Waals surface area contributed by atoms with Crippen molar-refractivity contribution in [1.82, 2.24) is 4.90 Å². The van der Waals surface area contributed by atoms with Gasteiger partial charge in [-0.3, -0.25) is 4.79 Å². The van der Waals surface area contributed by atoms with E-state index in [1.807, 2.05) is 4.90 Å². The minimum Gasteiger partial charge on any atom is -0.377 e. The van der Waals surface area contributed by atoms with Gasteiger partial charge in [0.2, 0.25) is 5.91 Å². The molecule has 106 valence electrons. The average molecular weight is 256 g/mol. The quantitative estimate of drug-likeness (QED) is 0.753. The summed E-state index contributed by atoms with van der Waals surface area (Å²) < 4.78 is 5.62. The molecule has 0 bridgehead atoms. The van der Waals surface area contributed by atoms with Gasteiger partial charge >= 0.3 is 0 Å². The van der Waals surface area contributed by atoms with Gasteiger partial charge in [-0.05, 0) is 31.7 Å². The van der Waals surface area contributed by atoms with Crippen molar-refractivity contribution in [3.63, 3.8) is 0 Å². The number of rotatable bonds is 7. The van der Waals surface area contributed by atoms with E-state index in [9.17, 15) is 4.79 Å². The third-order valence-electron chi connectivity index (χ3n) is 3.46. The summed E-state index contributed by atoms with van der Waals surface area (Å²) in [6.45, 7) is 9.34. The normalized spacial score (nSPS) is 23.6. The fraction of sp³-hybridized carbons (Fsp3) is 0.929. The number of nitrogens with two attached hydrogens (primary N) is 1. The number of ether oxygens (including phenoxy) is 1. The van der Waals surface area contributed by atoms with E-state index < -0.39 is 0 Å². The smallest absolute Gasteiger partial charge is 0.228 e. The number of nitrogens with zero attached hydrogens (tertiary/aromatic N) is 1. The first-order valence-corrected chi connectivity index (χ1v) is 7.20. The van der Waals surface area contributed by atoms with Gasteiger partial charge in [-0.1, -0.05) is 20.8 Å². The van der Waals surface area contributed by atoms with E-state index in [1.54, 1.807) is 0 Å². The van der Waals surface area contributed by atoms with E-state index in [1.165, 1.54) is 0 Å². The van der Waals surface area contributed by atoms with Crippen LogP contribution in [-0.2, 0) is 9.53 Å². The molecule has 0 aromatic rings. The molecule has 4 nitrogen and oxygen atoms in total. The molecule has 1 aliphatic heterocycles. The molecule has 0 aliphatic carbocycles. The minimum absolute atomic E-state index is 0.0616. The molecular formula is C14H28N2O2. The highest BCUT2D eigenvalue weighted by molar-refractivity contribution is 5.79. The zero-order valence-corrected chi connectivity index (χ0v) is 12.0. The van der Waals surface area contributed by atoms with Crippen LogP contribution in [-0.4, -0.2) is 43.2 Å². The van der Waals surface area contributed by atoms with Gasteiger partial charge in [0.1, 0.15) is 0 Å². The second-order valence-electron chi connectivity index (χ2n) is 5.53. The lowest BCUT2D eigenvalue weighted by Gasteiger charge is -2.28. The molecule has 0 aromatic carbocycles. The monoisotopic (exact) mass is 256 g/mol. The summed E-state index contributed by atoms with van der Waals surface area (Å²) in [5.74, 6) is 0.821. The molecule has 0 saturated carbocycles. The Morgan fingerprint density at radius 3 is 2.78 bits per heavy atom. The van der Waals surface area contributed by atoms with Crippen LogP contribution in [0.1, 0.15) is 40.0 Å². The molecule has 2 N–H and O–H groups in total. The molecule has 1 fully saturated rings. The predicted molar refractivity (Wildman–Crippen MR) is 73.2 cm³/mol. The number of amides is 1. The first kappa shape index (κ1) is 15.4. The van der Waals surface area contributed by atoms with Crippen molar-refractivity contribution in [3.8, 4) is 0 Å². The maximum Gasteiger partial charge on any atom is 0.228 e. The maximum atomic E-state index is 12.6. The van der Waals surface area contributed by atoms with Gasteiger partial charge in [0, 0.05) is 19.7 Å². The molecule has 4 heteroatoms. The first-order valence-electron chi connectivity index (χ1n) is 7.20. The highest BCUT2D eigenvalue weighted by Crippen LogP contribution is 2.25. The molecular weight excluding hydrogens is 228 g/mol. The van der Waals surface area contributed by atoms with Crippen molar-refractivity contribution < 1.29 is 9.53 Å². The molecule has 1 rings (SSSR count). The molecule has 1 amide bonds. The van der Waals surface area contributed by atoms with Crippen LogP contribution < -0.4 is 5.73 Å². The molecule has 2 atom stereocenters. The Hall–Kier alpha value is -0.610. The highest BCUT2D eigenvalue weighted by atomic mass is 16.5. The number of hydrogen-bond acceptors (Lipinski definition) is 3. The van der Waals surface area contributed by atoms with E-state index >= 15 is 0 Å². The van der Waals surface area contributed by atoms with Gasteiger partial charge < -0.3 is 15.4 Å². The fourth-order valence-corrected chi connectivity index (χ4v) is 2.58. The summed E-state index contributed by atoms with van der Waals surface area (Å²) in [5, 5.41) is 0. The maximum absolute atomic E-state index is 12.6. The van der Waals surface area contributed by atoms with Crippen molar-refractivity contribution in [2.75, 3.05) is 26.2 Å². The van der Waals surface area contributed by atoms with Crippen LogP contribution in [0.5, 0.6) is 0 Å². The summed E-state index contributed by atoms with van der Waals surface area (Å²) >= 11 is 0. The summed E-state index contributed by atoms with van der Waals surface area (Å²) in [5.41, 5.74) is 5.55. The topological polar surface area (TPSA) is 55.6 Å². The van der Waals surface area contributed by atoms with Gasteiger partial charge in [-0.25, -0.2) is 0 Å². The lowest BCUT2D eigenvalue weighted by Crippen LogP contribution is -2.42. The average Bonchev–Trinajstić information content (AvgIpc) is 2.81. The fourth-order valence-electron chi connectivity index (χ4n) is 2.58. The summed E-state index contributed by atoms with van der Waals surface area (Å²) in [6.07, 6.45) is 2.78. The molecule has 1 aliphatic rings. The van der Waals surface area contributed by atoms with Crippen LogP contribution in [0.25, 0.3) is 0 Å². The van der Waals surface area contributed by atoms with Crippen LogP contribution in [0, 0.1) is 11.8 Å². The Balaban J connectivity index is 2.62. The molecule has 2 unspecified atom stereocenters. The zero-order chi connectivity index (χ0) is 13.5. The van der Waals surface area contributed by atoms with Gasteiger partial charge in [0.15, 0.2) is 0 Å². The van der Waals surface area contributed by atoms with Gasteiger partial charge in [-0.15, -0.1) is 0 Å². The van der Waals surface area contributed by atoms with Crippen LogP contribution in [0.3, 0.4) is 0 Å². The molecule has 0 radical (unpaired) electrons. The first-order chi connectivity index (χ1) is 8.60. The van der Waals surface area contributed by atoms with Crippen LogP contribution in [0.15, 0.2) is 0 Å². The molecule has 0 spiro atoms. The summed E-state index contributed by atoms with van der Waals surface area (Å²) in [7, 11) is 0. The number of carbonyl (C=O) groups excluding carboxylic acids is 1. The predicted octanol–water partition coefficient (Wildman–Crippen LogP) is 1.63. The third-order valence-corrected chi connectivity index (χ3v) is 3.46. The Morgan fingerprint density at radius 2 is 2.22 bits per heavy atom. The number of carbonyl (C=O) groups is 1. The van der Waals surface area contributed by atoms with Crippen LogP contribution in [0.4, 0.5) is 0 Å². The Kier molecular flexibility index (Phi) is 6.65. The molecule has 18 heavy (non-hydrogen) atoms. The van der Waals surface area contributed by atoms with E-state index in [2.05, 4.69) is 20.8 Å². The van der Waals surface area contributed by atoms with Gasteiger partial charge in [0.25, 0.3) is 0 Å². The summed E-state index contributed by atoms with van der Waals surface area (Å²) in [4.78, 5) is 14.5. The van der Waals surface area contributed by atoms with Crippen LogP contribution >= 0.6 is 0 Å². The van der Waals surface area contributed by atoms with Crippen molar-refractivity contribution in [2.45, 2.75) is 46.1 Å². The van der Waals surface area contributed by atoms with Crippen LogP contribution in [0.2, 0.25) is 0 Å². The van der Waals surface area contributed by atoms with E-state index in [4.69, 9.17) is 10.5 Å². The van der Waals surface area contributed by atoms with Crippen molar-refractivity contribution in [3.05, 3.63) is 0 Å². The van der Waals surface area contributed by atoms with Crippen molar-refractivity contribution in [2.24, 2.45) is 17.6 Å². The largest absolute Gasteiger partial charge is 0.377 e. The van der Waals surface area contributed by atoms with E-state index in [0.29, 0.717) is 12.5 Å². The highest BCUT2D eigenvalue weighted by Gasteiger charge is 2.35. The Labute approximate surface area is 111 Å². The Morgan fingerprint density at radius 1 is 1.50 bits per heavy atom. The van der Waals surface area contributed by atoms with Gasteiger partial charge in [-0.2, -0.15) is 0 Å². The molecule has 0 aromatic heterocycles. The van der Waals surface area contributed by atoms with E-state index in [0.717, 1.165) is 39.0 Å². The number of hydrogen-bond donors (Lipinski definition) is 1. The van der Waals surface area contributed by atoms with E-state index in [-0.39, 0.29) is 17.9 Å². The minimum atomic E-state index is 0.0616. The second kappa shape index (κ2) is 7.74. The third kappa shape index (κ3) is 4.25. The van der Waals surface area contributed by atoms with Gasteiger partial charge in [0.05, 0.1) is 12.0 Å². The van der Waals surface area contributed by atoms with Crippen molar-refractivity contribution in [1.29, 1.82) is 0 Å².